The van der Waals surface area contributed by atoms with Crippen LogP contribution in [0, 0.1) is 10.8 Å². The van der Waals surface area contributed by atoms with Crippen LogP contribution in [0.15, 0.2) is 46.2 Å². The Balaban J connectivity index is 3.04. The maximum Gasteiger partial charge on any atom is 0.161 e. The molecule has 0 spiro atoms. The van der Waals surface area contributed by atoms with Gasteiger partial charge in [0.25, 0.3) is 0 Å². The summed E-state index contributed by atoms with van der Waals surface area (Å²) in [6.45, 7) is 12.3. The van der Waals surface area contributed by atoms with Crippen molar-refractivity contribution in [1.82, 2.24) is 0 Å². The van der Waals surface area contributed by atoms with Crippen molar-refractivity contribution in [3.05, 3.63) is 41.3 Å². The van der Waals surface area contributed by atoms with Crippen LogP contribution in [0.25, 0.3) is 0 Å². The van der Waals surface area contributed by atoms with E-state index in [2.05, 4.69) is 32.9 Å². The Hall–Kier alpha value is -1.02. The summed E-state index contributed by atoms with van der Waals surface area (Å²) in [5.74, 6) is 0.181. The molecular formula is C17H24OS. The second-order valence-corrected chi connectivity index (χ2v) is 7.90. The van der Waals surface area contributed by atoms with Crippen LogP contribution < -0.4 is 0 Å². The first-order valence-electron chi connectivity index (χ1n) is 6.60. The SMILES string of the molecule is CC(C)(C)C(=O)/C=C(/Sc1ccccc1)C(C)(C)C. The van der Waals surface area contributed by atoms with Crippen molar-refractivity contribution in [3.63, 3.8) is 0 Å². The molecule has 0 heterocycles. The van der Waals surface area contributed by atoms with Gasteiger partial charge in [-0.1, -0.05) is 71.5 Å². The Kier molecular flexibility index (Phi) is 5.03. The zero-order valence-corrected chi connectivity index (χ0v) is 13.6. The van der Waals surface area contributed by atoms with Crippen molar-refractivity contribution in [2.24, 2.45) is 10.8 Å². The molecule has 0 unspecified atom stereocenters. The third-order valence-corrected chi connectivity index (χ3v) is 4.17. The largest absolute Gasteiger partial charge is 0.294 e. The highest BCUT2D eigenvalue weighted by atomic mass is 32.2. The van der Waals surface area contributed by atoms with E-state index in [1.54, 1.807) is 11.8 Å². The van der Waals surface area contributed by atoms with Crippen LogP contribution in [0.5, 0.6) is 0 Å². The summed E-state index contributed by atoms with van der Waals surface area (Å²) in [6.07, 6.45) is 1.82. The molecule has 1 aromatic carbocycles. The highest BCUT2D eigenvalue weighted by Gasteiger charge is 2.24. The maximum absolute atomic E-state index is 12.2. The molecule has 0 N–H and O–H groups in total. The molecular weight excluding hydrogens is 252 g/mol. The molecule has 0 amide bonds. The summed E-state index contributed by atoms with van der Waals surface area (Å²) in [6, 6.07) is 10.2. The predicted octanol–water partition coefficient (Wildman–Crippen LogP) is 5.32. The van der Waals surface area contributed by atoms with Crippen LogP contribution >= 0.6 is 11.8 Å². The maximum atomic E-state index is 12.2. The van der Waals surface area contributed by atoms with Crippen molar-refractivity contribution in [1.29, 1.82) is 0 Å². The van der Waals surface area contributed by atoms with Crippen molar-refractivity contribution >= 4 is 17.5 Å². The predicted molar refractivity (Wildman–Crippen MR) is 84.3 cm³/mol. The number of carbonyl (C=O) groups excluding carboxylic acids is 1. The molecule has 104 valence electrons. The molecule has 2 heteroatoms. The lowest BCUT2D eigenvalue weighted by molar-refractivity contribution is -0.121. The van der Waals surface area contributed by atoms with E-state index in [0.717, 1.165) is 4.91 Å². The molecule has 0 bridgehead atoms. The number of hydrogen-bond donors (Lipinski definition) is 0. The van der Waals surface area contributed by atoms with Crippen molar-refractivity contribution in [2.45, 2.75) is 46.4 Å². The smallest absolute Gasteiger partial charge is 0.161 e. The van der Waals surface area contributed by atoms with Gasteiger partial charge in [0.1, 0.15) is 0 Å². The van der Waals surface area contributed by atoms with E-state index < -0.39 is 0 Å². The molecule has 1 nitrogen and oxygen atoms in total. The lowest BCUT2D eigenvalue weighted by Crippen LogP contribution is -2.19. The molecule has 0 aliphatic rings. The zero-order chi connectivity index (χ0) is 14.7. The number of carbonyl (C=O) groups is 1. The van der Waals surface area contributed by atoms with E-state index in [4.69, 9.17) is 0 Å². The summed E-state index contributed by atoms with van der Waals surface area (Å²) in [5, 5.41) is 0. The van der Waals surface area contributed by atoms with E-state index >= 15 is 0 Å². The molecule has 19 heavy (non-hydrogen) atoms. The standard InChI is InChI=1S/C17H24OS/c1-16(2,3)14(18)12-15(17(4,5)6)19-13-10-8-7-9-11-13/h7-12H,1-6H3/b15-12+. The normalized spacial score (nSPS) is 13.5. The fourth-order valence-electron chi connectivity index (χ4n) is 1.35. The van der Waals surface area contributed by atoms with Gasteiger partial charge < -0.3 is 0 Å². The Labute approximate surface area is 121 Å². The van der Waals surface area contributed by atoms with Gasteiger partial charge in [-0.25, -0.2) is 0 Å². The van der Waals surface area contributed by atoms with Crippen LogP contribution in [0.1, 0.15) is 41.5 Å². The minimum Gasteiger partial charge on any atom is -0.294 e. The lowest BCUT2D eigenvalue weighted by atomic mass is 9.88. The molecule has 0 aliphatic carbocycles. The molecule has 1 aromatic rings. The minimum atomic E-state index is -0.326. The number of benzene rings is 1. The van der Waals surface area contributed by atoms with Crippen LogP contribution in [0.3, 0.4) is 0 Å². The Morgan fingerprint density at radius 3 is 1.89 bits per heavy atom. The van der Waals surface area contributed by atoms with Crippen molar-refractivity contribution in [2.75, 3.05) is 0 Å². The van der Waals surface area contributed by atoms with E-state index in [1.807, 2.05) is 45.0 Å². The van der Waals surface area contributed by atoms with Crippen LogP contribution in [0.4, 0.5) is 0 Å². The van der Waals surface area contributed by atoms with Gasteiger partial charge in [-0.05, 0) is 28.5 Å². The van der Waals surface area contributed by atoms with E-state index in [9.17, 15) is 4.79 Å². The summed E-state index contributed by atoms with van der Waals surface area (Å²) >= 11 is 1.68. The highest BCUT2D eigenvalue weighted by Crippen LogP contribution is 2.39. The first-order chi connectivity index (χ1) is 8.60. The topological polar surface area (TPSA) is 17.1 Å². The van der Waals surface area contributed by atoms with Crippen LogP contribution in [0.2, 0.25) is 0 Å². The van der Waals surface area contributed by atoms with E-state index in [1.165, 1.54) is 4.90 Å². The summed E-state index contributed by atoms with van der Waals surface area (Å²) < 4.78 is 0. The Morgan fingerprint density at radius 2 is 1.47 bits per heavy atom. The summed E-state index contributed by atoms with van der Waals surface area (Å²) in [5.41, 5.74) is -0.352. The molecule has 0 saturated carbocycles. The zero-order valence-electron chi connectivity index (χ0n) is 12.8. The van der Waals surface area contributed by atoms with Crippen molar-refractivity contribution < 1.29 is 4.79 Å². The van der Waals surface area contributed by atoms with Gasteiger partial charge in [0, 0.05) is 10.3 Å². The Morgan fingerprint density at radius 1 is 0.947 bits per heavy atom. The fourth-order valence-corrected chi connectivity index (χ4v) is 2.37. The molecule has 0 fully saturated rings. The lowest BCUT2D eigenvalue weighted by Gasteiger charge is -2.24. The first kappa shape index (κ1) is 16.0. The molecule has 0 saturated heterocycles. The fraction of sp³-hybridized carbons (Fsp3) is 0.471. The van der Waals surface area contributed by atoms with Gasteiger partial charge >= 0.3 is 0 Å². The Bertz CT molecular complexity index is 458. The second kappa shape index (κ2) is 5.96. The highest BCUT2D eigenvalue weighted by molar-refractivity contribution is 8.03. The summed E-state index contributed by atoms with van der Waals surface area (Å²) in [4.78, 5) is 14.5. The molecule has 0 radical (unpaired) electrons. The summed E-state index contributed by atoms with van der Waals surface area (Å²) in [7, 11) is 0. The molecule has 0 aliphatic heterocycles. The second-order valence-electron chi connectivity index (χ2n) is 6.79. The number of ketones is 1. The average molecular weight is 276 g/mol. The number of allylic oxidation sites excluding steroid dienone is 2. The van der Waals surface area contributed by atoms with Gasteiger partial charge in [-0.15, -0.1) is 0 Å². The minimum absolute atomic E-state index is 0.0264. The van der Waals surface area contributed by atoms with Gasteiger partial charge in [0.05, 0.1) is 0 Å². The quantitative estimate of drug-likeness (QED) is 0.548. The first-order valence-corrected chi connectivity index (χ1v) is 7.42. The van der Waals surface area contributed by atoms with Crippen LogP contribution in [-0.2, 0) is 4.79 Å². The number of thioether (sulfide) groups is 1. The molecule has 0 aromatic heterocycles. The van der Waals surface area contributed by atoms with Gasteiger partial charge in [-0.3, -0.25) is 4.79 Å². The monoisotopic (exact) mass is 276 g/mol. The molecule has 1 rings (SSSR count). The third kappa shape index (κ3) is 5.23. The van der Waals surface area contributed by atoms with Crippen LogP contribution in [-0.4, -0.2) is 5.78 Å². The van der Waals surface area contributed by atoms with E-state index in [-0.39, 0.29) is 16.6 Å². The average Bonchev–Trinajstić information content (AvgIpc) is 2.27. The van der Waals surface area contributed by atoms with Crippen molar-refractivity contribution in [3.8, 4) is 0 Å². The van der Waals surface area contributed by atoms with Gasteiger partial charge in [0.2, 0.25) is 0 Å². The van der Waals surface area contributed by atoms with E-state index in [0.29, 0.717) is 0 Å². The molecule has 0 atom stereocenters. The van der Waals surface area contributed by atoms with Gasteiger partial charge in [0.15, 0.2) is 5.78 Å². The number of rotatable bonds is 3. The number of hydrogen-bond acceptors (Lipinski definition) is 2. The van der Waals surface area contributed by atoms with Gasteiger partial charge in [-0.2, -0.15) is 0 Å². The third-order valence-electron chi connectivity index (χ3n) is 2.71.